The summed E-state index contributed by atoms with van der Waals surface area (Å²) < 4.78 is 6.30. The number of methoxy groups -OCH3 is 1. The molecule has 2 heterocycles. The van der Waals surface area contributed by atoms with E-state index in [-0.39, 0.29) is 0 Å². The van der Waals surface area contributed by atoms with Gasteiger partial charge in [-0.05, 0) is 29.6 Å². The highest BCUT2D eigenvalue weighted by Gasteiger charge is 2.09. The van der Waals surface area contributed by atoms with E-state index in [1.54, 1.807) is 18.4 Å². The molecule has 0 atom stereocenters. The first kappa shape index (κ1) is 12.2. The number of thiophene rings is 1. The molecule has 0 saturated heterocycles. The summed E-state index contributed by atoms with van der Waals surface area (Å²) >= 11 is 1.72. The second-order valence-electron chi connectivity index (χ2n) is 4.32. The lowest BCUT2D eigenvalue weighted by molar-refractivity contribution is 0.210. The van der Waals surface area contributed by atoms with E-state index in [1.165, 1.54) is 4.70 Å². The number of benzene rings is 1. The lowest BCUT2D eigenvalue weighted by atomic mass is 10.1. The number of rotatable bonds is 4. The van der Waals surface area contributed by atoms with Crippen molar-refractivity contribution in [2.24, 2.45) is 0 Å². The predicted molar refractivity (Wildman–Crippen MR) is 81.9 cm³/mol. The van der Waals surface area contributed by atoms with E-state index in [9.17, 15) is 0 Å². The minimum absolute atomic E-state index is 0.655. The van der Waals surface area contributed by atoms with Gasteiger partial charge in [0.05, 0.1) is 12.1 Å². The van der Waals surface area contributed by atoms with Crippen LogP contribution in [-0.4, -0.2) is 25.2 Å². The molecule has 0 fully saturated rings. The minimum atomic E-state index is 0.655. The molecule has 0 bridgehead atoms. The molecule has 0 aliphatic rings. The van der Waals surface area contributed by atoms with E-state index < -0.39 is 0 Å². The van der Waals surface area contributed by atoms with Crippen molar-refractivity contribution in [1.29, 1.82) is 0 Å². The highest BCUT2D eigenvalue weighted by atomic mass is 32.1. The monoisotopic (exact) mass is 273 g/mol. The number of aromatic nitrogens is 1. The maximum Gasteiger partial charge on any atom is 0.135 e. The highest BCUT2D eigenvalue weighted by Crippen LogP contribution is 2.33. The molecule has 19 heavy (non-hydrogen) atoms. The zero-order valence-electron chi connectivity index (χ0n) is 10.6. The third-order valence-corrected chi connectivity index (χ3v) is 3.97. The molecule has 0 saturated carbocycles. The van der Waals surface area contributed by atoms with E-state index in [2.05, 4.69) is 21.7 Å². The summed E-state index contributed by atoms with van der Waals surface area (Å²) in [5, 5.41) is 7.70. The number of hydrogen-bond donors (Lipinski definition) is 2. The first-order valence-electron chi connectivity index (χ1n) is 6.09. The largest absolute Gasteiger partial charge is 0.399 e. The first-order valence-corrected chi connectivity index (χ1v) is 6.97. The number of nitrogens with zero attached hydrogens (tertiary/aromatic N) is 1. The molecule has 3 aromatic rings. The zero-order chi connectivity index (χ0) is 13.2. The fourth-order valence-corrected chi connectivity index (χ4v) is 3.06. The molecule has 2 aromatic heterocycles. The van der Waals surface area contributed by atoms with Crippen molar-refractivity contribution in [3.8, 4) is 0 Å². The summed E-state index contributed by atoms with van der Waals surface area (Å²) in [6, 6.07) is 7.96. The van der Waals surface area contributed by atoms with Gasteiger partial charge in [-0.2, -0.15) is 0 Å². The quantitative estimate of drug-likeness (QED) is 0.566. The van der Waals surface area contributed by atoms with Gasteiger partial charge in [-0.15, -0.1) is 11.3 Å². The molecule has 0 radical (unpaired) electrons. The van der Waals surface area contributed by atoms with Crippen LogP contribution in [0.4, 0.5) is 11.5 Å². The Morgan fingerprint density at radius 1 is 1.32 bits per heavy atom. The van der Waals surface area contributed by atoms with Crippen molar-refractivity contribution < 1.29 is 4.74 Å². The lowest BCUT2D eigenvalue weighted by Crippen LogP contribution is -2.09. The van der Waals surface area contributed by atoms with E-state index >= 15 is 0 Å². The molecule has 0 amide bonds. The summed E-state index contributed by atoms with van der Waals surface area (Å²) in [5.74, 6) is 0.895. The van der Waals surface area contributed by atoms with Crippen LogP contribution in [-0.2, 0) is 4.74 Å². The fraction of sp³-hybridized carbons (Fsp3) is 0.214. The van der Waals surface area contributed by atoms with Gasteiger partial charge >= 0.3 is 0 Å². The number of nitrogens with one attached hydrogen (secondary N) is 1. The Labute approximate surface area is 115 Å². The SMILES string of the molecule is COCCNc1nc2cc(N)ccc2c2sccc12. The third-order valence-electron chi connectivity index (χ3n) is 3.02. The number of nitrogens with two attached hydrogens (primary N) is 1. The van der Waals surface area contributed by atoms with Gasteiger partial charge in [-0.25, -0.2) is 4.98 Å². The van der Waals surface area contributed by atoms with Crippen molar-refractivity contribution in [3.63, 3.8) is 0 Å². The molecule has 98 valence electrons. The van der Waals surface area contributed by atoms with Crippen LogP contribution in [0.25, 0.3) is 21.0 Å². The average molecular weight is 273 g/mol. The predicted octanol–water partition coefficient (Wildman–Crippen LogP) is 3.09. The van der Waals surface area contributed by atoms with Crippen LogP contribution in [0, 0.1) is 0 Å². The number of pyridine rings is 1. The van der Waals surface area contributed by atoms with Crippen LogP contribution in [0.15, 0.2) is 29.6 Å². The van der Waals surface area contributed by atoms with Gasteiger partial charge in [0.15, 0.2) is 0 Å². The van der Waals surface area contributed by atoms with Gasteiger partial charge in [-0.3, -0.25) is 0 Å². The van der Waals surface area contributed by atoms with Gasteiger partial charge in [0, 0.05) is 34.8 Å². The van der Waals surface area contributed by atoms with Crippen molar-refractivity contribution in [3.05, 3.63) is 29.6 Å². The Morgan fingerprint density at radius 3 is 3.05 bits per heavy atom. The van der Waals surface area contributed by atoms with Gasteiger partial charge in [0.1, 0.15) is 5.82 Å². The van der Waals surface area contributed by atoms with Crippen LogP contribution >= 0.6 is 11.3 Å². The van der Waals surface area contributed by atoms with Crippen LogP contribution in [0.3, 0.4) is 0 Å². The van der Waals surface area contributed by atoms with Crippen molar-refractivity contribution in [1.82, 2.24) is 4.98 Å². The van der Waals surface area contributed by atoms with Gasteiger partial charge in [0.25, 0.3) is 0 Å². The molecule has 4 nitrogen and oxygen atoms in total. The number of nitrogen functional groups attached to an aromatic ring is 1. The maximum atomic E-state index is 5.84. The summed E-state index contributed by atoms with van der Waals surface area (Å²) in [6.07, 6.45) is 0. The summed E-state index contributed by atoms with van der Waals surface area (Å²) in [4.78, 5) is 4.67. The molecule has 0 spiro atoms. The fourth-order valence-electron chi connectivity index (χ4n) is 2.12. The molecule has 0 aliphatic heterocycles. The van der Waals surface area contributed by atoms with Crippen LogP contribution in [0.2, 0.25) is 0 Å². The topological polar surface area (TPSA) is 60.2 Å². The zero-order valence-corrected chi connectivity index (χ0v) is 11.5. The Balaban J connectivity index is 2.15. The van der Waals surface area contributed by atoms with E-state index in [1.807, 2.05) is 18.2 Å². The van der Waals surface area contributed by atoms with E-state index in [4.69, 9.17) is 10.5 Å². The molecule has 0 aliphatic carbocycles. The van der Waals surface area contributed by atoms with Gasteiger partial charge < -0.3 is 15.8 Å². The van der Waals surface area contributed by atoms with E-state index in [0.717, 1.165) is 34.3 Å². The average Bonchev–Trinajstić information content (AvgIpc) is 2.88. The molecule has 3 rings (SSSR count). The summed E-state index contributed by atoms with van der Waals surface area (Å²) in [7, 11) is 1.69. The van der Waals surface area contributed by atoms with Crippen LogP contribution in [0.1, 0.15) is 0 Å². The summed E-state index contributed by atoms with van der Waals surface area (Å²) in [5.41, 5.74) is 7.50. The Bertz CT molecular complexity index is 723. The molecule has 0 unspecified atom stereocenters. The second kappa shape index (κ2) is 5.03. The number of hydrogen-bond acceptors (Lipinski definition) is 5. The Morgan fingerprint density at radius 2 is 2.21 bits per heavy atom. The van der Waals surface area contributed by atoms with Crippen molar-refractivity contribution >= 4 is 43.8 Å². The number of anilines is 2. The standard InChI is InChI=1S/C14H15N3OS/c1-18-6-5-16-14-11-4-7-19-13(11)10-3-2-9(15)8-12(10)17-14/h2-4,7-8H,5-6,15H2,1H3,(H,16,17). The van der Waals surface area contributed by atoms with Crippen LogP contribution in [0.5, 0.6) is 0 Å². The van der Waals surface area contributed by atoms with E-state index in [0.29, 0.717) is 6.61 Å². The Kier molecular flexibility index (Phi) is 3.23. The van der Waals surface area contributed by atoms with Gasteiger partial charge in [-0.1, -0.05) is 0 Å². The highest BCUT2D eigenvalue weighted by molar-refractivity contribution is 7.18. The molecule has 5 heteroatoms. The van der Waals surface area contributed by atoms with Gasteiger partial charge in [0.2, 0.25) is 0 Å². The molecular formula is C14H15N3OS. The first-order chi connectivity index (χ1) is 9.29. The molecule has 1 aromatic carbocycles. The normalized spacial score (nSPS) is 11.2. The van der Waals surface area contributed by atoms with Crippen LogP contribution < -0.4 is 11.1 Å². The summed E-state index contributed by atoms with van der Waals surface area (Å²) in [6.45, 7) is 1.39. The number of ether oxygens (including phenoxy) is 1. The molecular weight excluding hydrogens is 258 g/mol. The number of fused-ring (bicyclic) bond motifs is 3. The lowest BCUT2D eigenvalue weighted by Gasteiger charge is -2.09. The van der Waals surface area contributed by atoms with Crippen molar-refractivity contribution in [2.75, 3.05) is 31.3 Å². The maximum absolute atomic E-state index is 5.84. The third kappa shape index (κ3) is 2.22. The Hall–Kier alpha value is -1.85. The minimum Gasteiger partial charge on any atom is -0.399 e. The molecule has 3 N–H and O–H groups in total. The second-order valence-corrected chi connectivity index (χ2v) is 5.24. The van der Waals surface area contributed by atoms with Crippen molar-refractivity contribution in [2.45, 2.75) is 0 Å². The smallest absolute Gasteiger partial charge is 0.135 e.